The number of hydrogen-bond donors (Lipinski definition) is 2. The van der Waals surface area contributed by atoms with Gasteiger partial charge in [-0.2, -0.15) is 0 Å². The minimum Gasteiger partial charge on any atom is -0.475 e. The number of aliphatic imine (C=N–C) groups is 1. The zero-order chi connectivity index (χ0) is 23.2. The number of ether oxygens (including phenoxy) is 3. The normalized spacial score (nSPS) is 15.4. The average molecular weight is 456 g/mol. The van der Waals surface area contributed by atoms with Crippen molar-refractivity contribution in [2.24, 2.45) is 4.99 Å². The van der Waals surface area contributed by atoms with Crippen molar-refractivity contribution in [3.05, 3.63) is 12.2 Å². The van der Waals surface area contributed by atoms with Crippen LogP contribution in [0.1, 0.15) is 96.8 Å². The summed E-state index contributed by atoms with van der Waals surface area (Å²) in [6.45, 7) is 3.81. The Morgan fingerprint density at radius 2 is 1.31 bits per heavy atom. The van der Waals surface area contributed by atoms with E-state index in [-0.39, 0.29) is 26.4 Å². The first-order valence-corrected chi connectivity index (χ1v) is 13.0. The minimum atomic E-state index is -0.598. The zero-order valence-electron chi connectivity index (χ0n) is 20.6. The molecule has 1 aliphatic heterocycles. The molecule has 1 rings (SSSR count). The van der Waals surface area contributed by atoms with Crippen LogP contribution in [0.15, 0.2) is 17.1 Å². The maximum atomic E-state index is 8.92. The largest absolute Gasteiger partial charge is 0.475 e. The Morgan fingerprint density at radius 3 is 1.81 bits per heavy atom. The first kappa shape index (κ1) is 29.1. The quantitative estimate of drug-likeness (QED) is 0.207. The second-order valence-electron chi connectivity index (χ2n) is 8.95. The fourth-order valence-corrected chi connectivity index (χ4v) is 3.90. The molecule has 1 aliphatic rings. The van der Waals surface area contributed by atoms with Crippen LogP contribution >= 0.6 is 0 Å². The Morgan fingerprint density at radius 1 is 0.812 bits per heavy atom. The van der Waals surface area contributed by atoms with Crippen molar-refractivity contribution in [3.8, 4) is 0 Å². The van der Waals surface area contributed by atoms with Crippen LogP contribution in [0.25, 0.3) is 0 Å². The van der Waals surface area contributed by atoms with Crippen molar-refractivity contribution in [1.82, 2.24) is 0 Å². The van der Waals surface area contributed by atoms with Gasteiger partial charge in [0.2, 0.25) is 5.90 Å². The molecule has 2 N–H and O–H groups in total. The van der Waals surface area contributed by atoms with E-state index < -0.39 is 5.54 Å². The topological polar surface area (TPSA) is 80.5 Å². The predicted molar refractivity (Wildman–Crippen MR) is 131 cm³/mol. The van der Waals surface area contributed by atoms with Crippen LogP contribution in [0.2, 0.25) is 0 Å². The number of aliphatic hydroxyl groups excluding tert-OH is 2. The fraction of sp³-hybridized carbons (Fsp3) is 0.885. The number of nitrogens with zero attached hydrogens (tertiary/aromatic N) is 1. The van der Waals surface area contributed by atoms with Gasteiger partial charge in [-0.15, -0.1) is 0 Å². The third kappa shape index (κ3) is 15.0. The van der Waals surface area contributed by atoms with Crippen LogP contribution in [-0.2, 0) is 14.2 Å². The van der Waals surface area contributed by atoms with E-state index >= 15 is 0 Å². The molecule has 0 aromatic heterocycles. The molecule has 6 nitrogen and oxygen atoms in total. The summed E-state index contributed by atoms with van der Waals surface area (Å²) in [5.41, 5.74) is -0.598. The second-order valence-corrected chi connectivity index (χ2v) is 8.95. The number of rotatable bonds is 23. The SMILES string of the molecule is CCCCCCCCCCCCCCCC=CC1=NC(COCCO)(COCCO)CO1. The monoisotopic (exact) mass is 455 g/mol. The Labute approximate surface area is 196 Å². The molecule has 0 bridgehead atoms. The molecule has 0 unspecified atom stereocenters. The average Bonchev–Trinajstić information content (AvgIpc) is 3.20. The molecule has 0 saturated heterocycles. The number of unbranched alkanes of at least 4 members (excludes halogenated alkanes) is 13. The summed E-state index contributed by atoms with van der Waals surface area (Å²) in [6.07, 6.45) is 22.9. The Kier molecular flexibility index (Phi) is 18.8. The molecule has 0 aromatic carbocycles. The fourth-order valence-electron chi connectivity index (χ4n) is 3.90. The van der Waals surface area contributed by atoms with Crippen LogP contribution in [0.5, 0.6) is 0 Å². The number of aliphatic hydroxyl groups is 2. The highest BCUT2D eigenvalue weighted by Gasteiger charge is 2.37. The van der Waals surface area contributed by atoms with Crippen molar-refractivity contribution >= 4 is 5.90 Å². The Bertz CT molecular complexity index is 471. The lowest BCUT2D eigenvalue weighted by Crippen LogP contribution is -2.40. The Balaban J connectivity index is 2.09. The van der Waals surface area contributed by atoms with Gasteiger partial charge in [-0.25, -0.2) is 4.99 Å². The van der Waals surface area contributed by atoms with Crippen molar-refractivity contribution < 1.29 is 24.4 Å². The van der Waals surface area contributed by atoms with Crippen molar-refractivity contribution in [3.63, 3.8) is 0 Å². The lowest BCUT2D eigenvalue weighted by molar-refractivity contribution is -0.00324. The molecule has 0 radical (unpaired) electrons. The molecule has 0 aromatic rings. The van der Waals surface area contributed by atoms with E-state index in [1.165, 1.54) is 83.5 Å². The number of allylic oxidation sites excluding steroid dienone is 1. The number of hydrogen-bond acceptors (Lipinski definition) is 6. The zero-order valence-corrected chi connectivity index (χ0v) is 20.6. The second kappa shape index (κ2) is 20.6. The van der Waals surface area contributed by atoms with Gasteiger partial charge in [0.1, 0.15) is 12.1 Å². The highest BCUT2D eigenvalue weighted by atomic mass is 16.5. The lowest BCUT2D eigenvalue weighted by Gasteiger charge is -2.23. The van der Waals surface area contributed by atoms with Crippen molar-refractivity contribution in [2.75, 3.05) is 46.2 Å². The molecule has 188 valence electrons. The molecule has 0 aliphatic carbocycles. The van der Waals surface area contributed by atoms with Gasteiger partial charge in [0.15, 0.2) is 0 Å². The Hall–Kier alpha value is -0.950. The van der Waals surface area contributed by atoms with Crippen LogP contribution in [-0.4, -0.2) is 67.9 Å². The molecule has 1 heterocycles. The molecular weight excluding hydrogens is 406 g/mol. The molecule has 0 amide bonds. The molecule has 32 heavy (non-hydrogen) atoms. The molecule has 6 heteroatoms. The van der Waals surface area contributed by atoms with Gasteiger partial charge < -0.3 is 24.4 Å². The molecule has 0 atom stereocenters. The van der Waals surface area contributed by atoms with Crippen molar-refractivity contribution in [2.45, 2.75) is 102 Å². The highest BCUT2D eigenvalue weighted by Crippen LogP contribution is 2.21. The van der Waals surface area contributed by atoms with E-state index in [9.17, 15) is 0 Å². The first-order valence-electron chi connectivity index (χ1n) is 13.0. The van der Waals surface area contributed by atoms with Crippen LogP contribution in [0, 0.1) is 0 Å². The van der Waals surface area contributed by atoms with Crippen LogP contribution < -0.4 is 0 Å². The van der Waals surface area contributed by atoms with Crippen LogP contribution in [0.4, 0.5) is 0 Å². The van der Waals surface area contributed by atoms with Gasteiger partial charge in [-0.3, -0.25) is 0 Å². The summed E-state index contributed by atoms with van der Waals surface area (Å²) in [4.78, 5) is 4.66. The standard InChI is InChI=1S/C26H49NO5/c1-2-3-4-5-6-7-8-9-10-11-12-13-14-15-16-17-25-27-26(24-32-25,22-30-20-18-28)23-31-21-19-29/h16-17,28-29H,2-15,18-24H2,1H3. The maximum absolute atomic E-state index is 8.92. The van der Waals surface area contributed by atoms with E-state index in [2.05, 4.69) is 18.0 Å². The van der Waals surface area contributed by atoms with Gasteiger partial charge in [-0.1, -0.05) is 90.0 Å². The van der Waals surface area contributed by atoms with E-state index in [0.717, 1.165) is 6.42 Å². The molecular formula is C26H49NO5. The third-order valence-electron chi connectivity index (χ3n) is 5.78. The third-order valence-corrected chi connectivity index (χ3v) is 5.78. The van der Waals surface area contributed by atoms with E-state index in [1.807, 2.05) is 6.08 Å². The van der Waals surface area contributed by atoms with E-state index in [1.54, 1.807) is 0 Å². The summed E-state index contributed by atoms with van der Waals surface area (Å²) in [6, 6.07) is 0. The summed E-state index contributed by atoms with van der Waals surface area (Å²) < 4.78 is 16.7. The van der Waals surface area contributed by atoms with Crippen molar-refractivity contribution in [1.29, 1.82) is 0 Å². The minimum absolute atomic E-state index is 0.0238. The summed E-state index contributed by atoms with van der Waals surface area (Å²) in [5, 5.41) is 17.8. The lowest BCUT2D eigenvalue weighted by atomic mass is 10.0. The smallest absolute Gasteiger partial charge is 0.209 e. The summed E-state index contributed by atoms with van der Waals surface area (Å²) in [7, 11) is 0. The molecule has 0 spiro atoms. The molecule has 0 fully saturated rings. The summed E-state index contributed by atoms with van der Waals surface area (Å²) >= 11 is 0. The molecule has 0 saturated carbocycles. The van der Waals surface area contributed by atoms with E-state index in [0.29, 0.717) is 25.7 Å². The first-order chi connectivity index (χ1) is 15.8. The predicted octanol–water partition coefficient (Wildman–Crippen LogP) is 5.21. The summed E-state index contributed by atoms with van der Waals surface area (Å²) in [5.74, 6) is 0.611. The van der Waals surface area contributed by atoms with Gasteiger partial charge in [0, 0.05) is 0 Å². The van der Waals surface area contributed by atoms with Crippen LogP contribution in [0.3, 0.4) is 0 Å². The van der Waals surface area contributed by atoms with Gasteiger partial charge in [0.25, 0.3) is 0 Å². The van der Waals surface area contributed by atoms with E-state index in [4.69, 9.17) is 24.4 Å². The van der Waals surface area contributed by atoms with Gasteiger partial charge in [-0.05, 0) is 18.9 Å². The highest BCUT2D eigenvalue weighted by molar-refractivity contribution is 5.89. The maximum Gasteiger partial charge on any atom is 0.209 e. The van der Waals surface area contributed by atoms with Gasteiger partial charge in [0.05, 0.1) is 39.6 Å². The van der Waals surface area contributed by atoms with Gasteiger partial charge >= 0.3 is 0 Å².